The van der Waals surface area contributed by atoms with Crippen molar-refractivity contribution in [1.29, 1.82) is 5.26 Å². The number of amides is 1. The van der Waals surface area contributed by atoms with E-state index < -0.39 is 0 Å². The van der Waals surface area contributed by atoms with Gasteiger partial charge in [-0.2, -0.15) is 5.26 Å². The quantitative estimate of drug-likeness (QED) is 0.855. The predicted octanol–water partition coefficient (Wildman–Crippen LogP) is 3.13. The predicted molar refractivity (Wildman–Crippen MR) is 97.0 cm³/mol. The molecule has 0 N–H and O–H groups in total. The molecule has 2 aliphatic rings. The van der Waals surface area contributed by atoms with E-state index >= 15 is 0 Å². The Morgan fingerprint density at radius 2 is 2.12 bits per heavy atom. The molecule has 5 heteroatoms. The number of hydrogen-bond acceptors (Lipinski definition) is 4. The van der Waals surface area contributed by atoms with Crippen molar-refractivity contribution in [2.75, 3.05) is 13.1 Å². The standard InChI is InChI=1S/C21H21N3O2/c22-12-15-8-9-20(23-13-15)26-17-10-11-24(14-17)21(25)19-7-3-5-16-4-1-2-6-18(16)19/h3,5,7-9,13,17H,1-2,4,6,10-11,14H2. The summed E-state index contributed by atoms with van der Waals surface area (Å²) in [5.41, 5.74) is 3.94. The topological polar surface area (TPSA) is 66.2 Å². The Kier molecular flexibility index (Phi) is 4.57. The molecule has 1 aromatic carbocycles. The number of likely N-dealkylation sites (tertiary alicyclic amines) is 1. The normalized spacial score (nSPS) is 18.9. The third-order valence-electron chi connectivity index (χ3n) is 5.21. The largest absolute Gasteiger partial charge is 0.472 e. The molecule has 4 rings (SSSR count). The van der Waals surface area contributed by atoms with Gasteiger partial charge in [-0.05, 0) is 48.9 Å². The summed E-state index contributed by atoms with van der Waals surface area (Å²) in [6.07, 6.45) is 6.69. The number of pyridine rings is 1. The molecule has 1 saturated heterocycles. The Labute approximate surface area is 153 Å². The maximum absolute atomic E-state index is 13.0. The molecule has 1 aliphatic carbocycles. The van der Waals surface area contributed by atoms with Crippen LogP contribution >= 0.6 is 0 Å². The van der Waals surface area contributed by atoms with Gasteiger partial charge in [0.25, 0.3) is 5.91 Å². The molecule has 132 valence electrons. The summed E-state index contributed by atoms with van der Waals surface area (Å²) in [5.74, 6) is 0.614. The Morgan fingerprint density at radius 1 is 1.23 bits per heavy atom. The lowest BCUT2D eigenvalue weighted by Crippen LogP contribution is -2.32. The first-order chi connectivity index (χ1) is 12.7. The van der Waals surface area contributed by atoms with Crippen molar-refractivity contribution in [3.63, 3.8) is 0 Å². The van der Waals surface area contributed by atoms with Crippen LogP contribution in [-0.4, -0.2) is 35.0 Å². The Hall–Kier alpha value is -2.87. The number of aromatic nitrogens is 1. The lowest BCUT2D eigenvalue weighted by molar-refractivity contribution is 0.0769. The number of aryl methyl sites for hydroxylation is 1. The minimum atomic E-state index is -0.0566. The van der Waals surface area contributed by atoms with Gasteiger partial charge in [-0.25, -0.2) is 4.98 Å². The van der Waals surface area contributed by atoms with E-state index in [9.17, 15) is 4.79 Å². The first-order valence-corrected chi connectivity index (χ1v) is 9.17. The highest BCUT2D eigenvalue weighted by atomic mass is 16.5. The second kappa shape index (κ2) is 7.17. The summed E-state index contributed by atoms with van der Waals surface area (Å²) in [5, 5.41) is 8.83. The zero-order valence-electron chi connectivity index (χ0n) is 14.6. The van der Waals surface area contributed by atoms with Crippen LogP contribution in [0.15, 0.2) is 36.5 Å². The zero-order valence-corrected chi connectivity index (χ0v) is 14.6. The van der Waals surface area contributed by atoms with Gasteiger partial charge in [0.05, 0.1) is 12.1 Å². The number of carbonyl (C=O) groups excluding carboxylic acids is 1. The highest BCUT2D eigenvalue weighted by Crippen LogP contribution is 2.27. The number of nitriles is 1. The third-order valence-corrected chi connectivity index (χ3v) is 5.21. The van der Waals surface area contributed by atoms with Crippen molar-refractivity contribution in [2.24, 2.45) is 0 Å². The van der Waals surface area contributed by atoms with E-state index in [4.69, 9.17) is 10.00 Å². The van der Waals surface area contributed by atoms with Crippen molar-refractivity contribution < 1.29 is 9.53 Å². The van der Waals surface area contributed by atoms with Gasteiger partial charge in [-0.15, -0.1) is 0 Å². The van der Waals surface area contributed by atoms with Crippen LogP contribution in [0, 0.1) is 11.3 Å². The Morgan fingerprint density at radius 3 is 2.92 bits per heavy atom. The van der Waals surface area contributed by atoms with Crippen LogP contribution in [0.4, 0.5) is 0 Å². The van der Waals surface area contributed by atoms with Crippen LogP contribution in [0.25, 0.3) is 0 Å². The molecule has 2 aromatic rings. The SMILES string of the molecule is N#Cc1ccc(OC2CCN(C(=O)c3cccc4c3CCCC4)C2)nc1. The van der Waals surface area contributed by atoms with E-state index in [1.807, 2.05) is 23.1 Å². The highest BCUT2D eigenvalue weighted by Gasteiger charge is 2.30. The molecule has 2 heterocycles. The maximum atomic E-state index is 13.0. The average molecular weight is 347 g/mol. The van der Waals surface area contributed by atoms with E-state index in [-0.39, 0.29) is 12.0 Å². The summed E-state index contributed by atoms with van der Waals surface area (Å²) in [6, 6.07) is 11.6. The first kappa shape index (κ1) is 16.6. The van der Waals surface area contributed by atoms with Gasteiger partial charge in [0.1, 0.15) is 12.2 Å². The smallest absolute Gasteiger partial charge is 0.254 e. The number of fused-ring (bicyclic) bond motifs is 1. The molecule has 1 unspecified atom stereocenters. The van der Waals surface area contributed by atoms with Crippen LogP contribution in [0.2, 0.25) is 0 Å². The Balaban J connectivity index is 1.43. The summed E-state index contributed by atoms with van der Waals surface area (Å²) >= 11 is 0. The maximum Gasteiger partial charge on any atom is 0.254 e. The molecule has 0 radical (unpaired) electrons. The highest BCUT2D eigenvalue weighted by molar-refractivity contribution is 5.96. The average Bonchev–Trinajstić information content (AvgIpc) is 3.16. The van der Waals surface area contributed by atoms with Crippen molar-refractivity contribution in [3.8, 4) is 11.9 Å². The molecule has 0 saturated carbocycles. The van der Waals surface area contributed by atoms with Crippen LogP contribution in [0.3, 0.4) is 0 Å². The Bertz CT molecular complexity index is 855. The van der Waals surface area contributed by atoms with Crippen LogP contribution < -0.4 is 4.74 Å². The van der Waals surface area contributed by atoms with Gasteiger partial charge < -0.3 is 9.64 Å². The second-order valence-electron chi connectivity index (χ2n) is 6.93. The summed E-state index contributed by atoms with van der Waals surface area (Å²) in [6.45, 7) is 1.27. The van der Waals surface area contributed by atoms with Crippen molar-refractivity contribution in [1.82, 2.24) is 9.88 Å². The zero-order chi connectivity index (χ0) is 17.9. The molecule has 1 fully saturated rings. The fourth-order valence-electron chi connectivity index (χ4n) is 3.85. The summed E-state index contributed by atoms with van der Waals surface area (Å²) in [7, 11) is 0. The van der Waals surface area contributed by atoms with Crippen LogP contribution in [0.5, 0.6) is 5.88 Å². The summed E-state index contributed by atoms with van der Waals surface area (Å²) in [4.78, 5) is 19.1. The molecular formula is C21H21N3O2. The van der Waals surface area contributed by atoms with Crippen molar-refractivity contribution in [2.45, 2.75) is 38.2 Å². The molecule has 0 bridgehead atoms. The van der Waals surface area contributed by atoms with Gasteiger partial charge in [0.15, 0.2) is 0 Å². The molecule has 0 spiro atoms. The second-order valence-corrected chi connectivity index (χ2v) is 6.93. The van der Waals surface area contributed by atoms with Crippen LogP contribution in [0.1, 0.15) is 46.3 Å². The number of ether oxygens (including phenoxy) is 1. The molecule has 1 aliphatic heterocycles. The van der Waals surface area contributed by atoms with Crippen LogP contribution in [-0.2, 0) is 12.8 Å². The fourth-order valence-corrected chi connectivity index (χ4v) is 3.85. The fraction of sp³-hybridized carbons (Fsp3) is 0.381. The monoisotopic (exact) mass is 347 g/mol. The molecule has 1 atom stereocenters. The lowest BCUT2D eigenvalue weighted by atomic mass is 9.88. The van der Waals surface area contributed by atoms with E-state index in [1.165, 1.54) is 23.7 Å². The number of carbonyl (C=O) groups is 1. The lowest BCUT2D eigenvalue weighted by Gasteiger charge is -2.22. The first-order valence-electron chi connectivity index (χ1n) is 9.17. The molecule has 5 nitrogen and oxygen atoms in total. The number of rotatable bonds is 3. The molecule has 1 amide bonds. The molecular weight excluding hydrogens is 326 g/mol. The number of benzene rings is 1. The van der Waals surface area contributed by atoms with E-state index in [0.717, 1.165) is 31.2 Å². The number of hydrogen-bond donors (Lipinski definition) is 0. The van der Waals surface area contributed by atoms with Gasteiger partial charge in [0.2, 0.25) is 5.88 Å². The van der Waals surface area contributed by atoms with Gasteiger partial charge >= 0.3 is 0 Å². The molecule has 1 aromatic heterocycles. The van der Waals surface area contributed by atoms with Gasteiger partial charge in [0, 0.05) is 30.8 Å². The molecule has 26 heavy (non-hydrogen) atoms. The van der Waals surface area contributed by atoms with Gasteiger partial charge in [-0.3, -0.25) is 4.79 Å². The minimum absolute atomic E-state index is 0.0566. The minimum Gasteiger partial charge on any atom is -0.472 e. The van der Waals surface area contributed by atoms with Crippen molar-refractivity contribution in [3.05, 3.63) is 58.8 Å². The van der Waals surface area contributed by atoms with Gasteiger partial charge in [-0.1, -0.05) is 12.1 Å². The third kappa shape index (κ3) is 3.28. The number of nitrogens with zero attached hydrogens (tertiary/aromatic N) is 3. The van der Waals surface area contributed by atoms with Crippen molar-refractivity contribution >= 4 is 5.91 Å². The van der Waals surface area contributed by atoms with E-state index in [0.29, 0.717) is 24.5 Å². The summed E-state index contributed by atoms with van der Waals surface area (Å²) < 4.78 is 5.89. The van der Waals surface area contributed by atoms with E-state index in [1.54, 1.807) is 12.1 Å². The van der Waals surface area contributed by atoms with E-state index in [2.05, 4.69) is 11.1 Å².